The fourth-order valence-corrected chi connectivity index (χ4v) is 3.15. The van der Waals surface area contributed by atoms with Crippen LogP contribution in [0.1, 0.15) is 57.2 Å². The van der Waals surface area contributed by atoms with E-state index in [4.69, 9.17) is 0 Å². The Hall–Kier alpha value is -3.47. The van der Waals surface area contributed by atoms with E-state index in [2.05, 4.69) is 29.5 Å². The maximum absolute atomic E-state index is 12.7. The number of nitrogens with one attached hydrogen (secondary N) is 2. The van der Waals surface area contributed by atoms with E-state index >= 15 is 0 Å². The number of benzene rings is 2. The minimum atomic E-state index is -0.304. The number of anilines is 2. The Bertz CT molecular complexity index is 1060. The summed E-state index contributed by atoms with van der Waals surface area (Å²) >= 11 is 0. The molecule has 0 aliphatic heterocycles. The number of para-hydroxylation sites is 1. The van der Waals surface area contributed by atoms with Gasteiger partial charge < -0.3 is 10.6 Å². The molecule has 1 aromatic heterocycles. The third-order valence-electron chi connectivity index (χ3n) is 4.72. The van der Waals surface area contributed by atoms with Crippen molar-refractivity contribution in [2.24, 2.45) is 0 Å². The molecule has 0 saturated carbocycles. The summed E-state index contributed by atoms with van der Waals surface area (Å²) in [6, 6.07) is 15.1. The van der Waals surface area contributed by atoms with Crippen molar-refractivity contribution in [2.45, 2.75) is 33.6 Å². The first-order valence-electron chi connectivity index (χ1n) is 9.59. The molecule has 1 heterocycles. The summed E-state index contributed by atoms with van der Waals surface area (Å²) in [4.78, 5) is 29.5. The van der Waals surface area contributed by atoms with Crippen LogP contribution < -0.4 is 10.6 Å². The number of aryl methyl sites for hydroxylation is 2. The lowest BCUT2D eigenvalue weighted by molar-refractivity contribution is 0.102. The first kappa shape index (κ1) is 20.3. The Balaban J connectivity index is 1.78. The van der Waals surface area contributed by atoms with Gasteiger partial charge in [0.25, 0.3) is 11.8 Å². The van der Waals surface area contributed by atoms with Gasteiger partial charge >= 0.3 is 0 Å². The zero-order valence-electron chi connectivity index (χ0n) is 17.1. The van der Waals surface area contributed by atoms with E-state index in [0.29, 0.717) is 11.1 Å². The number of nitrogens with zero attached hydrogens (tertiary/aromatic N) is 1. The quantitative estimate of drug-likeness (QED) is 0.622. The normalized spacial score (nSPS) is 10.7. The van der Waals surface area contributed by atoms with Crippen LogP contribution in [0.25, 0.3) is 0 Å². The number of amides is 2. The van der Waals surface area contributed by atoms with E-state index in [1.165, 1.54) is 12.4 Å². The van der Waals surface area contributed by atoms with Crippen molar-refractivity contribution in [1.82, 2.24) is 4.98 Å². The Morgan fingerprint density at radius 3 is 2.07 bits per heavy atom. The van der Waals surface area contributed by atoms with Gasteiger partial charge in [-0.2, -0.15) is 0 Å². The maximum Gasteiger partial charge on any atom is 0.257 e. The van der Waals surface area contributed by atoms with Gasteiger partial charge in [-0.25, -0.2) is 0 Å². The number of aromatic nitrogens is 1. The molecule has 3 rings (SSSR count). The zero-order valence-corrected chi connectivity index (χ0v) is 17.1. The van der Waals surface area contributed by atoms with E-state index in [-0.39, 0.29) is 17.7 Å². The second-order valence-corrected chi connectivity index (χ2v) is 7.43. The Kier molecular flexibility index (Phi) is 6.07. The molecule has 2 amide bonds. The maximum atomic E-state index is 12.7. The summed E-state index contributed by atoms with van der Waals surface area (Å²) in [5.74, 6) is -0.326. The van der Waals surface area contributed by atoms with Gasteiger partial charge in [0, 0.05) is 23.8 Å². The highest BCUT2D eigenvalue weighted by atomic mass is 16.2. The van der Waals surface area contributed by atoms with Crippen LogP contribution in [0.4, 0.5) is 11.4 Å². The molecule has 0 bridgehead atoms. The molecule has 0 spiro atoms. The van der Waals surface area contributed by atoms with Crippen molar-refractivity contribution in [3.05, 3.63) is 88.7 Å². The molecule has 29 heavy (non-hydrogen) atoms. The number of rotatable bonds is 5. The molecule has 0 unspecified atom stereocenters. The van der Waals surface area contributed by atoms with Gasteiger partial charge in [-0.05, 0) is 49.1 Å². The van der Waals surface area contributed by atoms with Crippen LogP contribution >= 0.6 is 0 Å². The topological polar surface area (TPSA) is 71.1 Å². The van der Waals surface area contributed by atoms with Crippen LogP contribution in [0, 0.1) is 13.8 Å². The highest BCUT2D eigenvalue weighted by Gasteiger charge is 2.14. The molecule has 0 fully saturated rings. The SMILES string of the molecule is Cc1ccc(NC(=O)c2cncc(C(=O)Nc3ccccc3C(C)C)c2)c(C)c1. The summed E-state index contributed by atoms with van der Waals surface area (Å²) < 4.78 is 0. The lowest BCUT2D eigenvalue weighted by Gasteiger charge is -2.14. The smallest absolute Gasteiger partial charge is 0.257 e. The Labute approximate surface area is 171 Å². The molecule has 5 nitrogen and oxygen atoms in total. The average molecular weight is 387 g/mol. The summed E-state index contributed by atoms with van der Waals surface area (Å²) in [5, 5.41) is 5.81. The first-order valence-corrected chi connectivity index (χ1v) is 9.59. The van der Waals surface area contributed by atoms with Crippen LogP contribution in [0.2, 0.25) is 0 Å². The predicted octanol–water partition coefficient (Wildman–Crippen LogP) is 5.33. The van der Waals surface area contributed by atoms with Gasteiger partial charge in [0.2, 0.25) is 0 Å². The van der Waals surface area contributed by atoms with Gasteiger partial charge in [-0.1, -0.05) is 49.7 Å². The van der Waals surface area contributed by atoms with Gasteiger partial charge in [-0.3, -0.25) is 14.6 Å². The van der Waals surface area contributed by atoms with Crippen LogP contribution in [0.15, 0.2) is 60.9 Å². The van der Waals surface area contributed by atoms with Crippen molar-refractivity contribution in [2.75, 3.05) is 10.6 Å². The third-order valence-corrected chi connectivity index (χ3v) is 4.72. The predicted molar refractivity (Wildman–Crippen MR) is 117 cm³/mol. The Morgan fingerprint density at radius 2 is 1.45 bits per heavy atom. The summed E-state index contributed by atoms with van der Waals surface area (Å²) in [6.45, 7) is 8.09. The molecular weight excluding hydrogens is 362 g/mol. The molecule has 0 atom stereocenters. The number of hydrogen-bond acceptors (Lipinski definition) is 3. The van der Waals surface area contributed by atoms with E-state index in [9.17, 15) is 9.59 Å². The van der Waals surface area contributed by atoms with Crippen molar-refractivity contribution in [3.63, 3.8) is 0 Å². The molecule has 0 aliphatic carbocycles. The van der Waals surface area contributed by atoms with Gasteiger partial charge in [0.1, 0.15) is 0 Å². The molecule has 148 valence electrons. The second-order valence-electron chi connectivity index (χ2n) is 7.43. The molecular formula is C24H25N3O2. The number of pyridine rings is 1. The molecule has 5 heteroatoms. The van der Waals surface area contributed by atoms with Crippen LogP contribution in [0.3, 0.4) is 0 Å². The molecule has 2 aromatic carbocycles. The molecule has 2 N–H and O–H groups in total. The second kappa shape index (κ2) is 8.69. The van der Waals surface area contributed by atoms with E-state index in [1.54, 1.807) is 6.07 Å². The van der Waals surface area contributed by atoms with Gasteiger partial charge in [0.15, 0.2) is 0 Å². The molecule has 0 radical (unpaired) electrons. The fourth-order valence-electron chi connectivity index (χ4n) is 3.15. The molecule has 3 aromatic rings. The number of carbonyl (C=O) groups excluding carboxylic acids is 2. The largest absolute Gasteiger partial charge is 0.322 e. The number of hydrogen-bond donors (Lipinski definition) is 2. The fraction of sp³-hybridized carbons (Fsp3) is 0.208. The van der Waals surface area contributed by atoms with E-state index in [1.807, 2.05) is 56.3 Å². The zero-order chi connectivity index (χ0) is 21.0. The lowest BCUT2D eigenvalue weighted by Crippen LogP contribution is -2.17. The van der Waals surface area contributed by atoms with Crippen molar-refractivity contribution < 1.29 is 9.59 Å². The highest BCUT2D eigenvalue weighted by molar-refractivity contribution is 6.08. The monoisotopic (exact) mass is 387 g/mol. The first-order chi connectivity index (χ1) is 13.8. The van der Waals surface area contributed by atoms with Crippen molar-refractivity contribution in [1.29, 1.82) is 0 Å². The Morgan fingerprint density at radius 1 is 0.828 bits per heavy atom. The summed E-state index contributed by atoms with van der Waals surface area (Å²) in [5.41, 5.74) is 5.32. The summed E-state index contributed by atoms with van der Waals surface area (Å²) in [7, 11) is 0. The minimum absolute atomic E-state index is 0.277. The van der Waals surface area contributed by atoms with Gasteiger partial charge in [0.05, 0.1) is 11.1 Å². The number of carbonyl (C=O) groups is 2. The van der Waals surface area contributed by atoms with Crippen molar-refractivity contribution in [3.8, 4) is 0 Å². The minimum Gasteiger partial charge on any atom is -0.322 e. The van der Waals surface area contributed by atoms with Crippen molar-refractivity contribution >= 4 is 23.2 Å². The third kappa shape index (κ3) is 4.88. The van der Waals surface area contributed by atoms with Crippen LogP contribution in [-0.2, 0) is 0 Å². The average Bonchev–Trinajstić information content (AvgIpc) is 2.70. The molecule has 0 saturated heterocycles. The summed E-state index contributed by atoms with van der Waals surface area (Å²) in [6.07, 6.45) is 2.92. The lowest BCUT2D eigenvalue weighted by atomic mass is 10.0. The van der Waals surface area contributed by atoms with Crippen LogP contribution in [0.5, 0.6) is 0 Å². The molecule has 0 aliphatic rings. The van der Waals surface area contributed by atoms with E-state index in [0.717, 1.165) is 28.1 Å². The van der Waals surface area contributed by atoms with Gasteiger partial charge in [-0.15, -0.1) is 0 Å². The van der Waals surface area contributed by atoms with E-state index < -0.39 is 0 Å². The van der Waals surface area contributed by atoms with Crippen LogP contribution in [-0.4, -0.2) is 16.8 Å². The highest BCUT2D eigenvalue weighted by Crippen LogP contribution is 2.24. The standard InChI is InChI=1S/C24H25N3O2/c1-15(2)20-7-5-6-8-22(20)27-24(29)19-12-18(13-25-14-19)23(28)26-21-10-9-16(3)11-17(21)4/h5-15H,1-4H3,(H,26,28)(H,27,29).